The molecule has 0 bridgehead atoms. The first-order chi connectivity index (χ1) is 10.0. The molecule has 1 aromatic carbocycles. The predicted octanol–water partition coefficient (Wildman–Crippen LogP) is 0.0864. The van der Waals surface area contributed by atoms with Crippen molar-refractivity contribution in [2.24, 2.45) is 0 Å². The zero-order chi connectivity index (χ0) is 15.4. The maximum absolute atomic E-state index is 11.6. The van der Waals surface area contributed by atoms with Crippen LogP contribution in [0.3, 0.4) is 0 Å². The zero-order valence-electron chi connectivity index (χ0n) is 12.6. The van der Waals surface area contributed by atoms with Gasteiger partial charge in [0, 0.05) is 20.0 Å². The lowest BCUT2D eigenvalue weighted by atomic mass is 10.0. The molecule has 0 radical (unpaired) electrons. The van der Waals surface area contributed by atoms with Gasteiger partial charge in [-0.2, -0.15) is 0 Å². The van der Waals surface area contributed by atoms with Gasteiger partial charge < -0.3 is 20.3 Å². The van der Waals surface area contributed by atoms with Crippen molar-refractivity contribution in [1.82, 2.24) is 15.5 Å². The van der Waals surface area contributed by atoms with Crippen LogP contribution in [-0.4, -0.2) is 51.0 Å². The predicted molar refractivity (Wildman–Crippen MR) is 79.1 cm³/mol. The van der Waals surface area contributed by atoms with Gasteiger partial charge >= 0.3 is 11.8 Å². The van der Waals surface area contributed by atoms with Gasteiger partial charge in [-0.05, 0) is 31.3 Å². The molecule has 0 saturated heterocycles. The fraction of sp³-hybridized carbons (Fsp3) is 0.467. The molecule has 1 aromatic rings. The number of hydrogen-bond acceptors (Lipinski definition) is 4. The summed E-state index contributed by atoms with van der Waals surface area (Å²) in [6.07, 6.45) is 0.911. The maximum Gasteiger partial charge on any atom is 0.309 e. The van der Waals surface area contributed by atoms with Crippen LogP contribution in [0.25, 0.3) is 0 Å². The monoisotopic (exact) mass is 291 g/mol. The topological polar surface area (TPSA) is 70.7 Å². The third-order valence-electron chi connectivity index (χ3n) is 3.61. The van der Waals surface area contributed by atoms with Crippen LogP contribution in [0, 0.1) is 0 Å². The Kier molecular flexibility index (Phi) is 4.80. The van der Waals surface area contributed by atoms with Crippen LogP contribution in [-0.2, 0) is 16.0 Å². The highest BCUT2D eigenvalue weighted by Crippen LogP contribution is 2.29. The van der Waals surface area contributed by atoms with Crippen LogP contribution < -0.4 is 15.4 Å². The van der Waals surface area contributed by atoms with E-state index < -0.39 is 11.8 Å². The molecule has 6 heteroatoms. The Bertz CT molecular complexity index is 543. The number of hydrogen-bond donors (Lipinski definition) is 2. The number of nitrogens with one attached hydrogen (secondary N) is 2. The van der Waals surface area contributed by atoms with Crippen LogP contribution >= 0.6 is 0 Å². The van der Waals surface area contributed by atoms with Crippen LogP contribution in [0.1, 0.15) is 17.2 Å². The maximum atomic E-state index is 11.6. The van der Waals surface area contributed by atoms with Crippen molar-refractivity contribution < 1.29 is 14.3 Å². The molecule has 1 atom stereocenters. The molecule has 0 saturated carbocycles. The van der Waals surface area contributed by atoms with Crippen LogP contribution in [0.15, 0.2) is 18.2 Å². The second-order valence-electron chi connectivity index (χ2n) is 5.23. The minimum absolute atomic E-state index is 0.00417. The minimum atomic E-state index is -0.630. The van der Waals surface area contributed by atoms with Crippen LogP contribution in [0.2, 0.25) is 0 Å². The van der Waals surface area contributed by atoms with Gasteiger partial charge in [-0.25, -0.2) is 0 Å². The Hall–Kier alpha value is -2.08. The van der Waals surface area contributed by atoms with E-state index in [2.05, 4.69) is 16.7 Å². The lowest BCUT2D eigenvalue weighted by Gasteiger charge is -2.25. The Morgan fingerprint density at radius 2 is 2.10 bits per heavy atom. The van der Waals surface area contributed by atoms with E-state index >= 15 is 0 Å². The molecule has 1 aliphatic heterocycles. The van der Waals surface area contributed by atoms with Gasteiger partial charge in [0.1, 0.15) is 5.75 Å². The molecule has 1 aliphatic rings. The number of likely N-dealkylation sites (N-methyl/N-ethyl adjacent to an activating group) is 2. The Balaban J connectivity index is 2.09. The molecule has 6 nitrogen and oxygen atoms in total. The summed E-state index contributed by atoms with van der Waals surface area (Å²) in [6.45, 7) is 1.09. The van der Waals surface area contributed by atoms with E-state index in [4.69, 9.17) is 4.74 Å². The summed E-state index contributed by atoms with van der Waals surface area (Å²) in [5.74, 6) is -0.311. The first-order valence-corrected chi connectivity index (χ1v) is 6.95. The van der Waals surface area contributed by atoms with E-state index in [1.807, 2.05) is 31.1 Å². The second kappa shape index (κ2) is 6.58. The van der Waals surface area contributed by atoms with Crippen molar-refractivity contribution in [2.75, 3.05) is 34.3 Å². The van der Waals surface area contributed by atoms with Crippen molar-refractivity contribution in [3.63, 3.8) is 0 Å². The van der Waals surface area contributed by atoms with E-state index in [0.717, 1.165) is 24.3 Å². The molecule has 114 valence electrons. The van der Waals surface area contributed by atoms with E-state index in [1.165, 1.54) is 12.6 Å². The molecule has 2 amide bonds. The lowest BCUT2D eigenvalue weighted by Crippen LogP contribution is -2.42. The Morgan fingerprint density at radius 1 is 1.33 bits per heavy atom. The fourth-order valence-electron chi connectivity index (χ4n) is 2.40. The third kappa shape index (κ3) is 3.52. The molecule has 2 N–H and O–H groups in total. The van der Waals surface area contributed by atoms with E-state index in [0.29, 0.717) is 6.54 Å². The minimum Gasteiger partial charge on any atom is -0.493 e. The first-order valence-electron chi connectivity index (χ1n) is 6.95. The summed E-state index contributed by atoms with van der Waals surface area (Å²) in [5, 5.41) is 4.97. The summed E-state index contributed by atoms with van der Waals surface area (Å²) in [7, 11) is 5.33. The van der Waals surface area contributed by atoms with Gasteiger partial charge in [-0.3, -0.25) is 9.59 Å². The quantitative estimate of drug-likeness (QED) is 0.771. The number of carbonyl (C=O) groups is 2. The number of amides is 2. The van der Waals surface area contributed by atoms with E-state index in [9.17, 15) is 9.59 Å². The molecule has 0 aromatic heterocycles. The van der Waals surface area contributed by atoms with E-state index in [-0.39, 0.29) is 6.04 Å². The Labute approximate surface area is 124 Å². The molecule has 0 aliphatic carbocycles. The highest BCUT2D eigenvalue weighted by Gasteiger charge is 2.20. The largest absolute Gasteiger partial charge is 0.493 e. The van der Waals surface area contributed by atoms with Crippen molar-refractivity contribution >= 4 is 11.8 Å². The van der Waals surface area contributed by atoms with Gasteiger partial charge in [0.25, 0.3) is 0 Å². The number of nitrogens with zero attached hydrogens (tertiary/aromatic N) is 1. The van der Waals surface area contributed by atoms with Gasteiger partial charge in [-0.1, -0.05) is 12.1 Å². The molecule has 0 spiro atoms. The molecule has 21 heavy (non-hydrogen) atoms. The van der Waals surface area contributed by atoms with Gasteiger partial charge in [-0.15, -0.1) is 0 Å². The third-order valence-corrected chi connectivity index (χ3v) is 3.61. The molecule has 0 fully saturated rings. The Morgan fingerprint density at radius 3 is 2.76 bits per heavy atom. The number of carbonyl (C=O) groups excluding carboxylic acids is 2. The van der Waals surface area contributed by atoms with Gasteiger partial charge in [0.05, 0.1) is 12.6 Å². The summed E-state index contributed by atoms with van der Waals surface area (Å²) in [6, 6.07) is 6.08. The molecule has 1 heterocycles. The number of ether oxygens (including phenoxy) is 1. The summed E-state index contributed by atoms with van der Waals surface area (Å²) < 4.78 is 5.50. The smallest absolute Gasteiger partial charge is 0.309 e. The lowest BCUT2D eigenvalue weighted by molar-refractivity contribution is -0.139. The normalized spacial score (nSPS) is 14.3. The standard InChI is InChI=1S/C15H21N3O3/c1-16-14(19)15(20)17-9-12(18(2)3)10-4-5-13-11(8-10)6-7-21-13/h4-5,8,12H,6-7,9H2,1-3H3,(H,16,19)(H,17,20)/t12-/m1/s1. The van der Waals surface area contributed by atoms with Crippen molar-refractivity contribution in [3.8, 4) is 5.75 Å². The summed E-state index contributed by atoms with van der Waals surface area (Å²) in [5.41, 5.74) is 2.29. The van der Waals surface area contributed by atoms with Gasteiger partial charge in [0.15, 0.2) is 0 Å². The number of rotatable bonds is 4. The average molecular weight is 291 g/mol. The average Bonchev–Trinajstić information content (AvgIpc) is 2.93. The van der Waals surface area contributed by atoms with Crippen LogP contribution in [0.5, 0.6) is 5.75 Å². The zero-order valence-corrected chi connectivity index (χ0v) is 12.6. The first kappa shape index (κ1) is 15.3. The van der Waals surface area contributed by atoms with Crippen molar-refractivity contribution in [3.05, 3.63) is 29.3 Å². The second-order valence-corrected chi connectivity index (χ2v) is 5.23. The molecular weight excluding hydrogens is 270 g/mol. The summed E-state index contributed by atoms with van der Waals surface area (Å²) >= 11 is 0. The fourth-order valence-corrected chi connectivity index (χ4v) is 2.40. The van der Waals surface area contributed by atoms with Crippen molar-refractivity contribution in [1.29, 1.82) is 0 Å². The molecular formula is C15H21N3O3. The SMILES string of the molecule is CNC(=O)C(=O)NC[C@H](c1ccc2c(c1)CCO2)N(C)C. The highest BCUT2D eigenvalue weighted by atomic mass is 16.5. The number of fused-ring (bicyclic) bond motifs is 1. The summed E-state index contributed by atoms with van der Waals surface area (Å²) in [4.78, 5) is 24.8. The molecule has 0 unspecified atom stereocenters. The van der Waals surface area contributed by atoms with Crippen LogP contribution in [0.4, 0.5) is 0 Å². The van der Waals surface area contributed by atoms with E-state index in [1.54, 1.807) is 0 Å². The molecule has 2 rings (SSSR count). The van der Waals surface area contributed by atoms with Gasteiger partial charge in [0.2, 0.25) is 0 Å². The van der Waals surface area contributed by atoms with Crippen molar-refractivity contribution in [2.45, 2.75) is 12.5 Å². The number of benzene rings is 1. The highest BCUT2D eigenvalue weighted by molar-refractivity contribution is 6.35.